The summed E-state index contributed by atoms with van der Waals surface area (Å²) in [4.78, 5) is 18.6. The van der Waals surface area contributed by atoms with Crippen molar-refractivity contribution in [3.63, 3.8) is 0 Å². The Kier molecular flexibility index (Phi) is 5.42. The lowest BCUT2D eigenvalue weighted by molar-refractivity contribution is -0.137. The number of halogens is 5. The Morgan fingerprint density at radius 2 is 1.90 bits per heavy atom. The second-order valence-electron chi connectivity index (χ2n) is 7.09. The van der Waals surface area contributed by atoms with E-state index in [0.29, 0.717) is 24.5 Å². The normalized spacial score (nSPS) is 16.5. The summed E-state index contributed by atoms with van der Waals surface area (Å²) in [6, 6.07) is 5.96. The molecule has 1 aliphatic heterocycles. The second-order valence-corrected chi connectivity index (χ2v) is 7.47. The van der Waals surface area contributed by atoms with E-state index in [0.717, 1.165) is 12.3 Å². The third kappa shape index (κ3) is 3.87. The first-order valence-corrected chi connectivity index (χ1v) is 9.79. The fraction of sp³-hybridized carbons (Fsp3) is 0.300. The fourth-order valence-corrected chi connectivity index (χ4v) is 3.88. The summed E-state index contributed by atoms with van der Waals surface area (Å²) in [5, 5.41) is 7.55. The van der Waals surface area contributed by atoms with Crippen molar-refractivity contribution < 1.29 is 22.4 Å². The number of hydrogen-bond acceptors (Lipinski definition) is 4. The predicted octanol–water partition coefficient (Wildman–Crippen LogP) is 4.59. The van der Waals surface area contributed by atoms with Crippen LogP contribution in [0.5, 0.6) is 0 Å². The topological polar surface area (TPSA) is 63.9 Å². The Balaban J connectivity index is 1.69. The van der Waals surface area contributed by atoms with Crippen LogP contribution in [-0.4, -0.2) is 36.6 Å². The average Bonchev–Trinajstić information content (AvgIpc) is 3.15. The molecule has 1 atom stereocenters. The van der Waals surface area contributed by atoms with Gasteiger partial charge in [0.15, 0.2) is 5.82 Å². The number of fused-ring (bicyclic) bond motifs is 1. The lowest BCUT2D eigenvalue weighted by Gasteiger charge is -2.35. The standard InChI is InChI=1S/C20H16ClF4N5O/c1-2-13-10-30-17(15-7-6-12(22)8-26-15)27-28-18(30)19(31)29(13)9-11-4-3-5-14(16(11)21)20(23,24)25/h3-8,13H,2,9-10H2,1H3. The first kappa shape index (κ1) is 21.2. The van der Waals surface area contributed by atoms with E-state index < -0.39 is 28.5 Å². The van der Waals surface area contributed by atoms with Crippen molar-refractivity contribution in [2.24, 2.45) is 0 Å². The molecule has 1 unspecified atom stereocenters. The fourth-order valence-electron chi connectivity index (χ4n) is 3.59. The van der Waals surface area contributed by atoms with Crippen LogP contribution in [0, 0.1) is 5.82 Å². The third-order valence-electron chi connectivity index (χ3n) is 5.19. The van der Waals surface area contributed by atoms with Gasteiger partial charge in [-0.3, -0.25) is 9.36 Å². The van der Waals surface area contributed by atoms with Gasteiger partial charge < -0.3 is 4.90 Å². The number of aromatic nitrogens is 4. The molecule has 4 rings (SSSR count). The van der Waals surface area contributed by atoms with Gasteiger partial charge >= 0.3 is 6.18 Å². The summed E-state index contributed by atoms with van der Waals surface area (Å²) in [5.41, 5.74) is -0.397. The summed E-state index contributed by atoms with van der Waals surface area (Å²) in [6.07, 6.45) is -3.02. The molecule has 1 aromatic carbocycles. The van der Waals surface area contributed by atoms with Crippen LogP contribution < -0.4 is 0 Å². The molecule has 0 saturated heterocycles. The lowest BCUT2D eigenvalue weighted by atomic mass is 10.1. The van der Waals surface area contributed by atoms with Crippen molar-refractivity contribution in [3.05, 3.63) is 64.3 Å². The van der Waals surface area contributed by atoms with E-state index >= 15 is 0 Å². The molecule has 3 heterocycles. The highest BCUT2D eigenvalue weighted by atomic mass is 35.5. The lowest BCUT2D eigenvalue weighted by Crippen LogP contribution is -2.47. The Hall–Kier alpha value is -3.01. The smallest absolute Gasteiger partial charge is 0.327 e. The van der Waals surface area contributed by atoms with Crippen molar-refractivity contribution in [2.75, 3.05) is 0 Å². The van der Waals surface area contributed by atoms with Gasteiger partial charge in [-0.25, -0.2) is 9.37 Å². The molecule has 0 aliphatic carbocycles. The molecule has 2 aromatic heterocycles. The van der Waals surface area contributed by atoms with Crippen molar-refractivity contribution in [2.45, 2.75) is 38.7 Å². The first-order chi connectivity index (χ1) is 14.7. The van der Waals surface area contributed by atoms with E-state index in [4.69, 9.17) is 11.6 Å². The highest BCUT2D eigenvalue weighted by Gasteiger charge is 2.37. The maximum Gasteiger partial charge on any atom is 0.417 e. The van der Waals surface area contributed by atoms with E-state index in [9.17, 15) is 22.4 Å². The van der Waals surface area contributed by atoms with Crippen molar-refractivity contribution in [1.82, 2.24) is 24.6 Å². The largest absolute Gasteiger partial charge is 0.417 e. The molecule has 3 aromatic rings. The molecule has 0 bridgehead atoms. The maximum absolute atomic E-state index is 13.2. The minimum absolute atomic E-state index is 0.0360. The first-order valence-electron chi connectivity index (χ1n) is 9.41. The molecule has 0 fully saturated rings. The second kappa shape index (κ2) is 7.92. The van der Waals surface area contributed by atoms with Gasteiger partial charge in [-0.2, -0.15) is 13.2 Å². The van der Waals surface area contributed by atoms with Gasteiger partial charge in [0.2, 0.25) is 5.82 Å². The van der Waals surface area contributed by atoms with E-state index in [2.05, 4.69) is 15.2 Å². The molecule has 11 heteroatoms. The average molecular weight is 454 g/mol. The van der Waals surface area contributed by atoms with Gasteiger partial charge in [0.25, 0.3) is 5.91 Å². The molecule has 0 spiro atoms. The predicted molar refractivity (Wildman–Crippen MR) is 104 cm³/mol. The van der Waals surface area contributed by atoms with Crippen molar-refractivity contribution in [3.8, 4) is 11.5 Å². The molecule has 6 nitrogen and oxygen atoms in total. The molecule has 0 saturated carbocycles. The molecule has 0 radical (unpaired) electrons. The number of pyridine rings is 1. The van der Waals surface area contributed by atoms with Crippen molar-refractivity contribution >= 4 is 17.5 Å². The van der Waals surface area contributed by atoms with E-state index in [1.165, 1.54) is 29.2 Å². The molecule has 1 amide bonds. The number of amides is 1. The van der Waals surface area contributed by atoms with Gasteiger partial charge in [0.1, 0.15) is 11.5 Å². The Labute approximate surface area is 179 Å². The van der Waals surface area contributed by atoms with Crippen LogP contribution in [0.3, 0.4) is 0 Å². The third-order valence-corrected chi connectivity index (χ3v) is 5.64. The Morgan fingerprint density at radius 1 is 1.16 bits per heavy atom. The van der Waals surface area contributed by atoms with E-state index in [1.54, 1.807) is 4.57 Å². The van der Waals surface area contributed by atoms with Gasteiger partial charge in [0.05, 0.1) is 22.8 Å². The molecule has 0 N–H and O–H groups in total. The summed E-state index contributed by atoms with van der Waals surface area (Å²) in [7, 11) is 0. The molecule has 31 heavy (non-hydrogen) atoms. The van der Waals surface area contributed by atoms with Crippen molar-refractivity contribution in [1.29, 1.82) is 0 Å². The number of nitrogens with zero attached hydrogens (tertiary/aromatic N) is 5. The van der Waals surface area contributed by atoms with Gasteiger partial charge in [-0.15, -0.1) is 10.2 Å². The highest BCUT2D eigenvalue weighted by Crippen LogP contribution is 2.37. The summed E-state index contributed by atoms with van der Waals surface area (Å²) >= 11 is 6.02. The van der Waals surface area contributed by atoms with Crippen LogP contribution in [-0.2, 0) is 19.3 Å². The quantitative estimate of drug-likeness (QED) is 0.542. The number of carbonyl (C=O) groups is 1. The minimum Gasteiger partial charge on any atom is -0.327 e. The van der Waals surface area contributed by atoms with Crippen LogP contribution in [0.15, 0.2) is 36.5 Å². The molecule has 1 aliphatic rings. The summed E-state index contributed by atoms with van der Waals surface area (Å²) < 4.78 is 54.4. The van der Waals surface area contributed by atoms with Crippen LogP contribution in [0.1, 0.15) is 35.1 Å². The number of benzene rings is 1. The number of rotatable bonds is 4. The van der Waals surface area contributed by atoms with Crippen LogP contribution in [0.2, 0.25) is 5.02 Å². The SMILES string of the molecule is CCC1Cn2c(nnc2-c2ccc(F)cn2)C(=O)N1Cc1cccc(C(F)(F)F)c1Cl. The van der Waals surface area contributed by atoms with Gasteiger partial charge in [-0.05, 0) is 30.2 Å². The monoisotopic (exact) mass is 453 g/mol. The zero-order chi connectivity index (χ0) is 22.3. The Morgan fingerprint density at radius 3 is 2.55 bits per heavy atom. The zero-order valence-electron chi connectivity index (χ0n) is 16.2. The van der Waals surface area contributed by atoms with Gasteiger partial charge in [0, 0.05) is 13.1 Å². The number of carbonyl (C=O) groups excluding carboxylic acids is 1. The Bertz CT molecular complexity index is 1130. The molecular formula is C20H16ClF4N5O. The zero-order valence-corrected chi connectivity index (χ0v) is 17.0. The summed E-state index contributed by atoms with van der Waals surface area (Å²) in [6.45, 7) is 2.08. The molecular weight excluding hydrogens is 438 g/mol. The van der Waals surface area contributed by atoms with Gasteiger partial charge in [-0.1, -0.05) is 30.7 Å². The maximum atomic E-state index is 13.2. The number of hydrogen-bond donors (Lipinski definition) is 0. The minimum atomic E-state index is -4.60. The van der Waals surface area contributed by atoms with Crippen LogP contribution >= 0.6 is 11.6 Å². The molecule has 162 valence electrons. The van der Waals surface area contributed by atoms with Crippen LogP contribution in [0.25, 0.3) is 11.5 Å². The van der Waals surface area contributed by atoms with E-state index in [-0.39, 0.29) is 24.0 Å². The van der Waals surface area contributed by atoms with E-state index in [1.807, 2.05) is 6.92 Å². The number of alkyl halides is 3. The summed E-state index contributed by atoms with van der Waals surface area (Å²) in [5.74, 6) is -0.631. The highest BCUT2D eigenvalue weighted by molar-refractivity contribution is 6.32. The van der Waals surface area contributed by atoms with Crippen LogP contribution in [0.4, 0.5) is 17.6 Å².